The van der Waals surface area contributed by atoms with E-state index in [1.54, 1.807) is 18.3 Å². The summed E-state index contributed by atoms with van der Waals surface area (Å²) in [5, 5.41) is 7.39. The predicted molar refractivity (Wildman–Crippen MR) is 158 cm³/mol. The predicted octanol–water partition coefficient (Wildman–Crippen LogP) is 4.81. The molecule has 0 unspecified atom stereocenters. The van der Waals surface area contributed by atoms with Crippen molar-refractivity contribution in [2.75, 3.05) is 51.9 Å². The van der Waals surface area contributed by atoms with E-state index in [0.717, 1.165) is 59.5 Å². The van der Waals surface area contributed by atoms with Crippen molar-refractivity contribution < 1.29 is 23.5 Å². The largest absolute Gasteiger partial charge is 0.464 e. The Morgan fingerprint density at radius 2 is 1.82 bits per heavy atom. The van der Waals surface area contributed by atoms with Gasteiger partial charge < -0.3 is 25.0 Å². The summed E-state index contributed by atoms with van der Waals surface area (Å²) in [4.78, 5) is 33.9. The van der Waals surface area contributed by atoms with Gasteiger partial charge in [0.25, 0.3) is 0 Å². The van der Waals surface area contributed by atoms with Gasteiger partial charge in [0.05, 0.1) is 56.8 Å². The number of fused-ring (bicyclic) bond motifs is 2. The maximum absolute atomic E-state index is 12.8. The fourth-order valence-corrected chi connectivity index (χ4v) is 5.88. The number of nitrogens with zero attached hydrogens (tertiary/aromatic N) is 3. The van der Waals surface area contributed by atoms with Gasteiger partial charge in [-0.2, -0.15) is 0 Å². The Morgan fingerprint density at radius 3 is 2.58 bits per heavy atom. The first-order valence-corrected chi connectivity index (χ1v) is 14.4. The number of quaternary nitrogens is 1. The van der Waals surface area contributed by atoms with Gasteiger partial charge in [-0.15, -0.1) is 11.3 Å². The van der Waals surface area contributed by atoms with Crippen LogP contribution in [0.25, 0.3) is 0 Å². The summed E-state index contributed by atoms with van der Waals surface area (Å²) in [6, 6.07) is 19.0. The number of alkyl carbamates (subject to hydrolysis) is 1. The zero-order chi connectivity index (χ0) is 28.1. The number of hydrogen-bond donors (Lipinski definition) is 2. The molecule has 1 amide bonds. The highest BCUT2D eigenvalue weighted by molar-refractivity contribution is 7.16. The van der Waals surface area contributed by atoms with E-state index in [9.17, 15) is 9.59 Å². The number of thiophene rings is 1. The molecule has 0 radical (unpaired) electrons. The van der Waals surface area contributed by atoms with Crippen molar-refractivity contribution in [1.29, 1.82) is 0 Å². The lowest BCUT2D eigenvalue weighted by Gasteiger charge is -2.42. The number of likely N-dealkylation sites (N-methyl/N-ethyl adjacent to an activating group) is 1. The monoisotopic (exact) mass is 562 g/mol. The molecule has 40 heavy (non-hydrogen) atoms. The average molecular weight is 563 g/mol. The SMILES string of the molecule is CCOC(=O)[C@H](Cc1ccccc1)NC(=O)OC[N+]1(C)CCN(C2=Nc3ccccc3Nc3sc(C)cc32)CC1. The molecular weight excluding hydrogens is 526 g/mol. The van der Waals surface area contributed by atoms with Gasteiger partial charge in [-0.25, -0.2) is 14.6 Å². The second kappa shape index (κ2) is 12.1. The van der Waals surface area contributed by atoms with Crippen LogP contribution in [0.3, 0.4) is 0 Å². The molecular formula is C30H36N5O4S+. The summed E-state index contributed by atoms with van der Waals surface area (Å²) in [6.45, 7) is 7.43. The molecule has 1 fully saturated rings. The Hall–Kier alpha value is -3.89. The quantitative estimate of drug-likeness (QED) is 0.317. The molecule has 3 heterocycles. The number of piperazine rings is 1. The summed E-state index contributed by atoms with van der Waals surface area (Å²) in [7, 11) is 2.09. The highest BCUT2D eigenvalue weighted by Crippen LogP contribution is 2.39. The number of aryl methyl sites for hydroxylation is 1. The Kier molecular flexibility index (Phi) is 8.37. The smallest absolute Gasteiger partial charge is 0.412 e. The van der Waals surface area contributed by atoms with E-state index < -0.39 is 18.1 Å². The first-order valence-electron chi connectivity index (χ1n) is 13.6. The average Bonchev–Trinajstić information content (AvgIpc) is 3.24. The van der Waals surface area contributed by atoms with Crippen molar-refractivity contribution >= 4 is 45.6 Å². The van der Waals surface area contributed by atoms with Crippen molar-refractivity contribution in [3.63, 3.8) is 0 Å². The van der Waals surface area contributed by atoms with Gasteiger partial charge in [-0.3, -0.25) is 4.48 Å². The van der Waals surface area contributed by atoms with Crippen LogP contribution in [0.4, 0.5) is 21.2 Å². The van der Waals surface area contributed by atoms with Gasteiger partial charge in [0, 0.05) is 11.3 Å². The highest BCUT2D eigenvalue weighted by Gasteiger charge is 2.34. The number of para-hydroxylation sites is 2. The fourth-order valence-electron chi connectivity index (χ4n) is 4.96. The van der Waals surface area contributed by atoms with Crippen molar-refractivity contribution in [3.05, 3.63) is 76.7 Å². The first-order chi connectivity index (χ1) is 19.3. The zero-order valence-electron chi connectivity index (χ0n) is 23.2. The van der Waals surface area contributed by atoms with Crippen molar-refractivity contribution in [1.82, 2.24) is 10.2 Å². The number of amidine groups is 1. The number of esters is 1. The number of benzene rings is 2. The standard InChI is InChI=1S/C30H35N5O4S/c1-4-38-29(36)26(19-22-10-6-5-7-11-22)33-30(37)39-20-35(3)16-14-34(15-17-35)27-23-18-21(2)40-28(23)32-25-13-9-8-12-24(25)31-27/h5-13,18,26H,4,14-17,19-20H2,1-3H3,(H-,31,32,33,37)/p+1/t26-/m0/s1. The lowest BCUT2D eigenvalue weighted by molar-refractivity contribution is -0.928. The normalized spacial score (nSPS) is 16.4. The number of aliphatic imine (C=N–C) groups is 1. The van der Waals surface area contributed by atoms with Crippen molar-refractivity contribution in [2.45, 2.75) is 26.3 Å². The second-order valence-electron chi connectivity index (χ2n) is 10.4. The minimum absolute atomic E-state index is 0.209. The number of nitrogens with one attached hydrogen (secondary N) is 2. The fraction of sp³-hybridized carbons (Fsp3) is 0.367. The van der Waals surface area contributed by atoms with Gasteiger partial charge in [-0.1, -0.05) is 42.5 Å². The Bertz CT molecular complexity index is 1380. The number of ether oxygens (including phenoxy) is 2. The topological polar surface area (TPSA) is 92.3 Å². The van der Waals surface area contributed by atoms with Crippen LogP contribution in [-0.2, 0) is 20.7 Å². The molecule has 0 spiro atoms. The van der Waals surface area contributed by atoms with E-state index in [1.165, 1.54) is 4.88 Å². The third kappa shape index (κ3) is 6.46. The van der Waals surface area contributed by atoms with E-state index in [0.29, 0.717) is 10.9 Å². The molecule has 5 rings (SSSR count). The van der Waals surface area contributed by atoms with Gasteiger partial charge in [0.2, 0.25) is 6.73 Å². The van der Waals surface area contributed by atoms with Crippen LogP contribution in [0.2, 0.25) is 0 Å². The zero-order valence-corrected chi connectivity index (χ0v) is 24.0. The van der Waals surface area contributed by atoms with Crippen LogP contribution in [0, 0.1) is 6.92 Å². The summed E-state index contributed by atoms with van der Waals surface area (Å²) < 4.78 is 11.4. The summed E-state index contributed by atoms with van der Waals surface area (Å²) in [5.41, 5.74) is 3.98. The maximum atomic E-state index is 12.8. The van der Waals surface area contributed by atoms with Crippen LogP contribution in [0.15, 0.2) is 65.7 Å². The summed E-state index contributed by atoms with van der Waals surface area (Å²) >= 11 is 1.74. The molecule has 2 N–H and O–H groups in total. The number of anilines is 2. The van der Waals surface area contributed by atoms with Crippen LogP contribution in [0.1, 0.15) is 22.9 Å². The van der Waals surface area contributed by atoms with Gasteiger partial charge >= 0.3 is 12.1 Å². The first kappa shape index (κ1) is 27.7. The van der Waals surface area contributed by atoms with E-state index in [1.807, 2.05) is 48.5 Å². The second-order valence-corrected chi connectivity index (χ2v) is 11.7. The molecule has 0 saturated carbocycles. The van der Waals surface area contributed by atoms with Crippen LogP contribution >= 0.6 is 11.3 Å². The van der Waals surface area contributed by atoms with Crippen molar-refractivity contribution in [2.24, 2.45) is 4.99 Å². The number of amides is 1. The summed E-state index contributed by atoms with van der Waals surface area (Å²) in [5.74, 6) is 0.500. The van der Waals surface area contributed by atoms with Crippen molar-refractivity contribution in [3.8, 4) is 0 Å². The Morgan fingerprint density at radius 1 is 1.10 bits per heavy atom. The maximum Gasteiger partial charge on any atom is 0.412 e. The number of rotatable bonds is 7. The van der Waals surface area contributed by atoms with Crippen LogP contribution < -0.4 is 10.6 Å². The molecule has 0 bridgehead atoms. The van der Waals surface area contributed by atoms with Crippen LogP contribution in [-0.4, -0.2) is 79.9 Å². The molecule has 10 heteroatoms. The number of carbonyl (C=O) groups excluding carboxylic acids is 2. The molecule has 2 aliphatic heterocycles. The lowest BCUT2D eigenvalue weighted by Crippen LogP contribution is -2.59. The van der Waals surface area contributed by atoms with Gasteiger partial charge in [0.15, 0.2) is 0 Å². The van der Waals surface area contributed by atoms with E-state index >= 15 is 0 Å². The number of hydrogen-bond acceptors (Lipinski definition) is 8. The molecule has 1 saturated heterocycles. The lowest BCUT2D eigenvalue weighted by atomic mass is 10.1. The minimum Gasteiger partial charge on any atom is -0.464 e. The van der Waals surface area contributed by atoms with E-state index in [2.05, 4.69) is 41.6 Å². The van der Waals surface area contributed by atoms with E-state index in [4.69, 9.17) is 14.5 Å². The molecule has 210 valence electrons. The Labute approximate surface area is 239 Å². The molecule has 0 aliphatic carbocycles. The number of carbonyl (C=O) groups is 2. The molecule has 1 atom stereocenters. The van der Waals surface area contributed by atoms with Gasteiger partial charge in [-0.05, 0) is 37.6 Å². The van der Waals surface area contributed by atoms with Gasteiger partial charge in [0.1, 0.15) is 16.9 Å². The minimum atomic E-state index is -0.815. The Balaban J connectivity index is 1.21. The molecule has 2 aromatic carbocycles. The highest BCUT2D eigenvalue weighted by atomic mass is 32.1. The molecule has 2 aliphatic rings. The third-order valence-electron chi connectivity index (χ3n) is 7.25. The molecule has 3 aromatic rings. The molecule has 1 aromatic heterocycles. The van der Waals surface area contributed by atoms with Crippen LogP contribution in [0.5, 0.6) is 0 Å². The van der Waals surface area contributed by atoms with E-state index in [-0.39, 0.29) is 13.3 Å². The molecule has 9 nitrogen and oxygen atoms in total. The summed E-state index contributed by atoms with van der Waals surface area (Å²) in [6.07, 6.45) is -0.287. The third-order valence-corrected chi connectivity index (χ3v) is 8.21.